The highest BCUT2D eigenvalue weighted by atomic mass is 16.5. The topological polar surface area (TPSA) is 80.7 Å². The van der Waals surface area contributed by atoms with Gasteiger partial charge in [-0.15, -0.1) is 0 Å². The number of rotatable bonds is 4. The number of carboxylic acid groups (broad SMARTS) is 1. The Hall–Kier alpha value is -2.05. The number of hydrogen-bond acceptors (Lipinski definition) is 4. The summed E-state index contributed by atoms with van der Waals surface area (Å²) in [7, 11) is 2.00. The van der Waals surface area contributed by atoms with E-state index in [4.69, 9.17) is 15.6 Å². The quantitative estimate of drug-likeness (QED) is 0.888. The average Bonchev–Trinajstić information content (AvgIpc) is 2.80. The van der Waals surface area contributed by atoms with E-state index < -0.39 is 12.0 Å². The lowest BCUT2D eigenvalue weighted by atomic mass is 10.0. The van der Waals surface area contributed by atoms with Crippen LogP contribution in [0.3, 0.4) is 0 Å². The molecule has 0 saturated carbocycles. The van der Waals surface area contributed by atoms with Crippen molar-refractivity contribution in [2.75, 3.05) is 31.2 Å². The minimum Gasteiger partial charge on any atom is -0.480 e. The van der Waals surface area contributed by atoms with Gasteiger partial charge in [-0.25, -0.2) is 0 Å². The molecule has 23 heavy (non-hydrogen) atoms. The Labute approximate surface area is 135 Å². The number of benzene rings is 1. The fraction of sp³-hybridized carbons (Fsp3) is 0.471. The number of carboxylic acids is 1. The van der Waals surface area contributed by atoms with Gasteiger partial charge in [-0.2, -0.15) is 0 Å². The van der Waals surface area contributed by atoms with Crippen LogP contribution >= 0.6 is 0 Å². The number of hydrogen-bond donors (Lipinski definition) is 2. The molecule has 1 aromatic heterocycles. The molecule has 1 fully saturated rings. The third kappa shape index (κ3) is 2.92. The summed E-state index contributed by atoms with van der Waals surface area (Å²) in [5.41, 5.74) is 10.1. The molecule has 1 aliphatic rings. The van der Waals surface area contributed by atoms with Crippen LogP contribution in [0.2, 0.25) is 0 Å². The maximum absolute atomic E-state index is 11.1. The summed E-state index contributed by atoms with van der Waals surface area (Å²) in [6.45, 7) is 5.24. The predicted octanol–water partition coefficient (Wildman–Crippen LogP) is 1.28. The van der Waals surface area contributed by atoms with E-state index in [1.54, 1.807) is 0 Å². The Morgan fingerprint density at radius 1 is 1.39 bits per heavy atom. The molecule has 2 heterocycles. The molecule has 3 N–H and O–H groups in total. The monoisotopic (exact) mass is 317 g/mol. The molecule has 1 unspecified atom stereocenters. The van der Waals surface area contributed by atoms with Crippen molar-refractivity contribution in [1.82, 2.24) is 4.57 Å². The van der Waals surface area contributed by atoms with Crippen molar-refractivity contribution in [2.45, 2.75) is 19.4 Å². The minimum absolute atomic E-state index is 0.338. The lowest BCUT2D eigenvalue weighted by Gasteiger charge is -2.29. The van der Waals surface area contributed by atoms with E-state index in [9.17, 15) is 4.79 Å². The van der Waals surface area contributed by atoms with Gasteiger partial charge in [0.15, 0.2) is 0 Å². The van der Waals surface area contributed by atoms with Crippen LogP contribution in [-0.2, 0) is 23.0 Å². The van der Waals surface area contributed by atoms with Gasteiger partial charge in [-0.1, -0.05) is 0 Å². The minimum atomic E-state index is -0.967. The largest absolute Gasteiger partial charge is 0.480 e. The number of nitrogens with zero attached hydrogens (tertiary/aromatic N) is 2. The van der Waals surface area contributed by atoms with Crippen LogP contribution in [0.25, 0.3) is 10.9 Å². The Bertz CT molecular complexity index is 732. The summed E-state index contributed by atoms with van der Waals surface area (Å²) < 4.78 is 7.51. The fourth-order valence-corrected chi connectivity index (χ4v) is 3.22. The van der Waals surface area contributed by atoms with Gasteiger partial charge in [0.25, 0.3) is 0 Å². The molecule has 6 nitrogen and oxygen atoms in total. The number of nitrogens with two attached hydrogens (primary N) is 1. The second-order valence-corrected chi connectivity index (χ2v) is 6.07. The van der Waals surface area contributed by atoms with Crippen molar-refractivity contribution in [3.05, 3.63) is 29.5 Å². The van der Waals surface area contributed by atoms with E-state index in [1.807, 2.05) is 14.0 Å². The van der Waals surface area contributed by atoms with Gasteiger partial charge < -0.3 is 25.0 Å². The van der Waals surface area contributed by atoms with Gasteiger partial charge in [0.05, 0.1) is 13.2 Å². The summed E-state index contributed by atoms with van der Waals surface area (Å²) in [4.78, 5) is 13.4. The molecule has 1 aromatic carbocycles. The van der Waals surface area contributed by atoms with Crippen molar-refractivity contribution in [1.29, 1.82) is 0 Å². The number of aromatic nitrogens is 1. The highest BCUT2D eigenvalue weighted by Gasteiger charge is 2.20. The van der Waals surface area contributed by atoms with Gasteiger partial charge in [0.1, 0.15) is 6.04 Å². The summed E-state index contributed by atoms with van der Waals surface area (Å²) >= 11 is 0. The number of fused-ring (bicyclic) bond motifs is 1. The highest BCUT2D eigenvalue weighted by molar-refractivity contribution is 5.89. The van der Waals surface area contributed by atoms with E-state index >= 15 is 0 Å². The molecule has 1 aliphatic heterocycles. The van der Waals surface area contributed by atoms with Crippen molar-refractivity contribution >= 4 is 22.6 Å². The highest BCUT2D eigenvalue weighted by Crippen LogP contribution is 2.30. The first-order valence-electron chi connectivity index (χ1n) is 7.88. The summed E-state index contributed by atoms with van der Waals surface area (Å²) in [5, 5.41) is 10.2. The van der Waals surface area contributed by atoms with Crippen LogP contribution in [0.4, 0.5) is 5.69 Å². The maximum Gasteiger partial charge on any atom is 0.320 e. The van der Waals surface area contributed by atoms with E-state index in [2.05, 4.69) is 27.7 Å². The number of ether oxygens (including phenoxy) is 1. The van der Waals surface area contributed by atoms with Crippen LogP contribution in [0.5, 0.6) is 0 Å². The normalized spacial score (nSPS) is 16.7. The van der Waals surface area contributed by atoms with E-state index in [0.29, 0.717) is 6.42 Å². The first kappa shape index (κ1) is 15.8. The first-order valence-corrected chi connectivity index (χ1v) is 7.88. The molecule has 0 radical (unpaired) electrons. The first-order chi connectivity index (χ1) is 11.0. The Kier molecular flexibility index (Phi) is 4.28. The van der Waals surface area contributed by atoms with Gasteiger partial charge >= 0.3 is 5.97 Å². The third-order valence-corrected chi connectivity index (χ3v) is 4.72. The molecule has 0 bridgehead atoms. The molecule has 2 aromatic rings. The molecule has 1 atom stereocenters. The number of carbonyl (C=O) groups is 1. The van der Waals surface area contributed by atoms with Gasteiger partial charge in [0.2, 0.25) is 0 Å². The molecule has 6 heteroatoms. The Balaban J connectivity index is 2.03. The molecule has 124 valence electrons. The van der Waals surface area contributed by atoms with Crippen molar-refractivity contribution < 1.29 is 14.6 Å². The lowest BCUT2D eigenvalue weighted by molar-refractivity contribution is -0.138. The van der Waals surface area contributed by atoms with Crippen molar-refractivity contribution in [3.8, 4) is 0 Å². The Morgan fingerprint density at radius 2 is 2.09 bits per heavy atom. The summed E-state index contributed by atoms with van der Waals surface area (Å²) in [5.74, 6) is -0.967. The average molecular weight is 317 g/mol. The molecule has 0 spiro atoms. The van der Waals surface area contributed by atoms with Crippen molar-refractivity contribution in [3.63, 3.8) is 0 Å². The third-order valence-electron chi connectivity index (χ3n) is 4.72. The standard InChI is InChI=1S/C17H23N3O3/c1-11-13(10-15(18)17(21)22)14-9-12(3-4-16(14)19(11)2)20-5-7-23-8-6-20/h3-4,9,15H,5-8,10,18H2,1-2H3,(H,21,22). The number of aliphatic carboxylic acids is 1. The summed E-state index contributed by atoms with van der Waals surface area (Å²) in [6.07, 6.45) is 0.338. The molecule has 0 amide bonds. The zero-order chi connectivity index (χ0) is 16.6. The molecular formula is C17H23N3O3. The zero-order valence-electron chi connectivity index (χ0n) is 13.6. The second-order valence-electron chi connectivity index (χ2n) is 6.07. The van der Waals surface area contributed by atoms with Crippen LogP contribution in [0, 0.1) is 6.92 Å². The number of morpholine rings is 1. The van der Waals surface area contributed by atoms with Crippen LogP contribution in [0.15, 0.2) is 18.2 Å². The molecule has 3 rings (SSSR count). The number of anilines is 1. The lowest BCUT2D eigenvalue weighted by Crippen LogP contribution is -2.36. The SMILES string of the molecule is Cc1c(CC(N)C(=O)O)c2cc(N3CCOCC3)ccc2n1C. The predicted molar refractivity (Wildman–Crippen MR) is 90.0 cm³/mol. The smallest absolute Gasteiger partial charge is 0.320 e. The van der Waals surface area contributed by atoms with Gasteiger partial charge in [0, 0.05) is 48.8 Å². The van der Waals surface area contributed by atoms with Gasteiger partial charge in [-0.3, -0.25) is 4.79 Å². The maximum atomic E-state index is 11.1. The molecular weight excluding hydrogens is 294 g/mol. The van der Waals surface area contributed by atoms with E-state index in [0.717, 1.165) is 54.2 Å². The second kappa shape index (κ2) is 6.22. The zero-order valence-corrected chi connectivity index (χ0v) is 13.6. The summed E-state index contributed by atoms with van der Waals surface area (Å²) in [6, 6.07) is 5.49. The van der Waals surface area contributed by atoms with Crippen LogP contribution in [0.1, 0.15) is 11.3 Å². The Morgan fingerprint density at radius 3 is 2.74 bits per heavy atom. The van der Waals surface area contributed by atoms with E-state index in [-0.39, 0.29) is 0 Å². The van der Waals surface area contributed by atoms with Crippen molar-refractivity contribution in [2.24, 2.45) is 12.8 Å². The van der Waals surface area contributed by atoms with Crippen LogP contribution in [-0.4, -0.2) is 48.0 Å². The molecule has 1 saturated heterocycles. The van der Waals surface area contributed by atoms with E-state index in [1.165, 1.54) is 0 Å². The number of aryl methyl sites for hydroxylation is 1. The van der Waals surface area contributed by atoms with Crippen LogP contribution < -0.4 is 10.6 Å². The van der Waals surface area contributed by atoms with Gasteiger partial charge in [-0.05, 0) is 30.7 Å². The molecule has 0 aliphatic carbocycles. The fourth-order valence-electron chi connectivity index (χ4n) is 3.22.